The fraction of sp³-hybridized carbons (Fsp3) is 0.800. The van der Waals surface area contributed by atoms with Gasteiger partial charge in [0.05, 0.1) is 17.8 Å². The quantitative estimate of drug-likeness (QED) is 0.564. The summed E-state index contributed by atoms with van der Waals surface area (Å²) in [6.45, 7) is 5.67. The van der Waals surface area contributed by atoms with Gasteiger partial charge in [-0.1, -0.05) is 40.0 Å². The number of carbonyl (C=O) groups is 1. The fourth-order valence-electron chi connectivity index (χ4n) is 6.37. The number of nitrogens with zero attached hydrogens (tertiary/aromatic N) is 3. The lowest BCUT2D eigenvalue weighted by molar-refractivity contribution is -0.118. The van der Waals surface area contributed by atoms with E-state index < -0.39 is 20.4 Å². The SMILES string of the molecule is CC[C@H]1O[C@@H](n2ccc(NC(=O)C(C)C)nc2=O)CC1OP1OC2(CCCC2)[C@@H]2CCC[C@@H]2N1C. The predicted octanol–water partition coefficient (Wildman–Crippen LogP) is 4.59. The first kappa shape index (κ1) is 25.3. The van der Waals surface area contributed by atoms with Crippen molar-refractivity contribution in [2.45, 2.75) is 109 Å². The van der Waals surface area contributed by atoms with Gasteiger partial charge in [-0.15, -0.1) is 0 Å². The Balaban J connectivity index is 1.29. The van der Waals surface area contributed by atoms with Gasteiger partial charge in [0.25, 0.3) is 8.53 Å². The van der Waals surface area contributed by atoms with Crippen molar-refractivity contribution in [2.75, 3.05) is 12.4 Å². The van der Waals surface area contributed by atoms with E-state index in [0.29, 0.717) is 18.4 Å². The van der Waals surface area contributed by atoms with Crippen LogP contribution in [0.25, 0.3) is 0 Å². The summed E-state index contributed by atoms with van der Waals surface area (Å²) in [7, 11) is 0.974. The average Bonchev–Trinajstić information content (AvgIpc) is 3.58. The topological polar surface area (TPSA) is 94.9 Å². The summed E-state index contributed by atoms with van der Waals surface area (Å²) in [5, 5.41) is 2.68. The van der Waals surface area contributed by atoms with Crippen molar-refractivity contribution >= 4 is 20.3 Å². The van der Waals surface area contributed by atoms with E-state index in [9.17, 15) is 9.59 Å². The van der Waals surface area contributed by atoms with E-state index >= 15 is 0 Å². The summed E-state index contributed by atoms with van der Waals surface area (Å²) in [4.78, 5) is 28.8. The third-order valence-electron chi connectivity index (χ3n) is 8.33. The standard InChI is InChI=1S/C25H39N4O5P/c1-5-19-20(15-22(32-19)29-14-11-21(27-24(29)31)26-23(30)16(2)3)33-35-28(4)18-10-8-9-17(18)25(34-35)12-6-7-13-25/h11,14,16-20,22H,5-10,12-13,15H2,1-4H3,(H,26,27,30,31)/t17-,18+,19-,20?,22-,35?/m1/s1. The van der Waals surface area contributed by atoms with Gasteiger partial charge < -0.3 is 19.1 Å². The molecule has 2 aliphatic carbocycles. The first-order chi connectivity index (χ1) is 16.8. The molecule has 9 nitrogen and oxygen atoms in total. The molecule has 3 heterocycles. The lowest BCUT2D eigenvalue weighted by Crippen LogP contribution is -2.51. The molecule has 6 atom stereocenters. The minimum atomic E-state index is -1.18. The highest BCUT2D eigenvalue weighted by atomic mass is 31.2. The molecule has 2 aliphatic heterocycles. The van der Waals surface area contributed by atoms with Crippen molar-refractivity contribution in [3.8, 4) is 0 Å². The van der Waals surface area contributed by atoms with Crippen LogP contribution in [-0.4, -0.2) is 51.0 Å². The molecular formula is C25H39N4O5P. The van der Waals surface area contributed by atoms with E-state index in [1.54, 1.807) is 26.1 Å². The van der Waals surface area contributed by atoms with Crippen LogP contribution in [0, 0.1) is 11.8 Å². The highest BCUT2D eigenvalue weighted by Gasteiger charge is 2.56. The predicted molar refractivity (Wildman–Crippen MR) is 134 cm³/mol. The summed E-state index contributed by atoms with van der Waals surface area (Å²) in [6.07, 6.45) is 10.8. The molecule has 5 rings (SSSR count). The van der Waals surface area contributed by atoms with Crippen molar-refractivity contribution in [2.24, 2.45) is 11.8 Å². The maximum Gasteiger partial charge on any atom is 0.351 e. The molecule has 2 unspecified atom stereocenters. The van der Waals surface area contributed by atoms with Gasteiger partial charge in [0.2, 0.25) is 5.91 Å². The third kappa shape index (κ3) is 4.82. The first-order valence-electron chi connectivity index (χ1n) is 13.3. The number of hydrogen-bond donors (Lipinski definition) is 1. The van der Waals surface area contributed by atoms with E-state index in [4.69, 9.17) is 13.8 Å². The van der Waals surface area contributed by atoms with E-state index in [0.717, 1.165) is 19.3 Å². The number of ether oxygens (including phenoxy) is 1. The largest absolute Gasteiger partial charge is 0.352 e. The van der Waals surface area contributed by atoms with Crippen LogP contribution in [-0.2, 0) is 18.6 Å². The van der Waals surface area contributed by atoms with Crippen molar-refractivity contribution in [1.82, 2.24) is 14.2 Å². The minimum absolute atomic E-state index is 0.0168. The number of hydrogen-bond acceptors (Lipinski definition) is 7. The zero-order chi connectivity index (χ0) is 24.7. The Hall–Kier alpha value is -1.38. The summed E-state index contributed by atoms with van der Waals surface area (Å²) < 4.78 is 23.7. The van der Waals surface area contributed by atoms with Gasteiger partial charge in [0.1, 0.15) is 12.0 Å². The van der Waals surface area contributed by atoms with Gasteiger partial charge in [-0.2, -0.15) is 4.98 Å². The Morgan fingerprint density at radius 1 is 1.31 bits per heavy atom. The fourth-order valence-corrected chi connectivity index (χ4v) is 8.30. The highest BCUT2D eigenvalue weighted by Crippen LogP contribution is 2.63. The molecule has 0 bridgehead atoms. The maximum absolute atomic E-state index is 12.8. The zero-order valence-electron chi connectivity index (χ0n) is 21.3. The van der Waals surface area contributed by atoms with E-state index in [2.05, 4.69) is 28.9 Å². The maximum atomic E-state index is 12.8. The van der Waals surface area contributed by atoms with E-state index in [-0.39, 0.29) is 35.5 Å². The summed E-state index contributed by atoms with van der Waals surface area (Å²) >= 11 is 0. The van der Waals surface area contributed by atoms with Crippen molar-refractivity contribution in [1.29, 1.82) is 0 Å². The molecule has 2 saturated carbocycles. The van der Waals surface area contributed by atoms with Crippen LogP contribution in [0.3, 0.4) is 0 Å². The molecule has 2 saturated heterocycles. The molecule has 1 N–H and O–H groups in total. The van der Waals surface area contributed by atoms with Crippen molar-refractivity contribution < 1.29 is 18.6 Å². The first-order valence-corrected chi connectivity index (χ1v) is 14.4. The molecule has 35 heavy (non-hydrogen) atoms. The molecule has 4 aliphatic rings. The Morgan fingerprint density at radius 2 is 2.09 bits per heavy atom. The van der Waals surface area contributed by atoms with Gasteiger partial charge >= 0.3 is 5.69 Å². The molecule has 1 aromatic heterocycles. The Bertz CT molecular complexity index is 981. The van der Waals surface area contributed by atoms with E-state index in [1.165, 1.54) is 36.7 Å². The normalized spacial score (nSPS) is 34.5. The molecule has 0 aromatic carbocycles. The smallest absolute Gasteiger partial charge is 0.351 e. The Labute approximate surface area is 208 Å². The van der Waals surface area contributed by atoms with Crippen LogP contribution in [0.5, 0.6) is 0 Å². The molecule has 194 valence electrons. The van der Waals surface area contributed by atoms with Gasteiger partial charge in [-0.05, 0) is 45.2 Å². The van der Waals surface area contributed by atoms with Crippen LogP contribution in [0.15, 0.2) is 17.1 Å². The van der Waals surface area contributed by atoms with Crippen LogP contribution in [0.2, 0.25) is 0 Å². The minimum Gasteiger partial charge on any atom is -0.352 e. The number of rotatable bonds is 6. The number of aromatic nitrogens is 2. The lowest BCUT2D eigenvalue weighted by Gasteiger charge is -2.50. The van der Waals surface area contributed by atoms with Gasteiger partial charge in [-0.25, -0.2) is 9.46 Å². The number of amides is 1. The van der Waals surface area contributed by atoms with Crippen LogP contribution in [0.1, 0.15) is 84.8 Å². The highest BCUT2D eigenvalue weighted by molar-refractivity contribution is 7.44. The second-order valence-electron chi connectivity index (χ2n) is 10.8. The Morgan fingerprint density at radius 3 is 2.77 bits per heavy atom. The average molecular weight is 507 g/mol. The van der Waals surface area contributed by atoms with Gasteiger partial charge in [0.15, 0.2) is 0 Å². The van der Waals surface area contributed by atoms with Crippen LogP contribution >= 0.6 is 8.53 Å². The number of carbonyl (C=O) groups excluding carboxylic acids is 1. The lowest BCUT2D eigenvalue weighted by atomic mass is 9.82. The van der Waals surface area contributed by atoms with Crippen LogP contribution < -0.4 is 11.0 Å². The summed E-state index contributed by atoms with van der Waals surface area (Å²) in [6, 6.07) is 2.18. The second kappa shape index (κ2) is 10.2. The zero-order valence-corrected chi connectivity index (χ0v) is 22.2. The number of anilines is 1. The molecule has 1 amide bonds. The third-order valence-corrected chi connectivity index (χ3v) is 10.1. The van der Waals surface area contributed by atoms with Gasteiger partial charge in [0, 0.05) is 30.5 Å². The van der Waals surface area contributed by atoms with Crippen LogP contribution in [0.4, 0.5) is 5.82 Å². The molecule has 1 spiro atoms. The summed E-state index contributed by atoms with van der Waals surface area (Å²) in [5.74, 6) is 0.517. The Kier molecular flexibility index (Phi) is 7.35. The molecule has 4 fully saturated rings. The molecule has 10 heteroatoms. The summed E-state index contributed by atoms with van der Waals surface area (Å²) in [5.41, 5.74) is -0.459. The number of nitrogens with one attached hydrogen (secondary N) is 1. The molecule has 1 aromatic rings. The van der Waals surface area contributed by atoms with Crippen molar-refractivity contribution in [3.05, 3.63) is 22.7 Å². The molecular weight excluding hydrogens is 467 g/mol. The monoisotopic (exact) mass is 506 g/mol. The second-order valence-corrected chi connectivity index (χ2v) is 12.3. The molecule has 0 radical (unpaired) electrons. The van der Waals surface area contributed by atoms with Gasteiger partial charge in [-0.3, -0.25) is 9.36 Å². The van der Waals surface area contributed by atoms with Crippen molar-refractivity contribution in [3.63, 3.8) is 0 Å². The number of fused-ring (bicyclic) bond motifs is 2. The van der Waals surface area contributed by atoms with E-state index in [1.807, 2.05) is 0 Å².